The number of halogens is 1. The molecule has 0 spiro atoms. The molecule has 0 radical (unpaired) electrons. The summed E-state index contributed by atoms with van der Waals surface area (Å²) in [4.78, 5) is 27.8. The maximum absolute atomic E-state index is 13.4. The maximum Gasteiger partial charge on any atom is 0.242 e. The van der Waals surface area contributed by atoms with Crippen molar-refractivity contribution in [1.82, 2.24) is 10.2 Å². The van der Waals surface area contributed by atoms with E-state index in [2.05, 4.69) is 5.32 Å². The van der Waals surface area contributed by atoms with Gasteiger partial charge in [0.25, 0.3) is 0 Å². The molecule has 7 nitrogen and oxygen atoms in total. The second-order valence-corrected chi connectivity index (χ2v) is 12.6. The van der Waals surface area contributed by atoms with Crippen LogP contribution in [0.3, 0.4) is 0 Å². The number of hydrogen-bond donors (Lipinski definition) is 1. The highest BCUT2D eigenvalue weighted by atomic mass is 35.5. The van der Waals surface area contributed by atoms with Crippen LogP contribution in [0.25, 0.3) is 0 Å². The molecule has 0 saturated heterocycles. The van der Waals surface area contributed by atoms with Crippen LogP contribution in [0.4, 0.5) is 5.69 Å². The van der Waals surface area contributed by atoms with Gasteiger partial charge < -0.3 is 10.2 Å². The first-order valence-electron chi connectivity index (χ1n) is 12.0. The molecule has 1 atom stereocenters. The number of hydrogen-bond acceptors (Lipinski definition) is 4. The fourth-order valence-electron chi connectivity index (χ4n) is 3.88. The summed E-state index contributed by atoms with van der Waals surface area (Å²) in [5.74, 6) is -0.494. The molecule has 36 heavy (non-hydrogen) atoms. The molecule has 9 heteroatoms. The first-order chi connectivity index (χ1) is 16.6. The van der Waals surface area contributed by atoms with E-state index in [9.17, 15) is 18.0 Å². The standard InChI is InChI=1S/C27H38ClN3O4S/c1-19-11-8-14-24(20(19)2)31(36(7,34)35)16-10-15-25(32)30(18-22-12-9-13-23(28)17-22)21(3)26(33)29-27(4,5)6/h8-9,11-14,17,21H,10,15-16,18H2,1-7H3,(H,29,33). The maximum atomic E-state index is 13.4. The van der Waals surface area contributed by atoms with Gasteiger partial charge in [-0.15, -0.1) is 0 Å². The van der Waals surface area contributed by atoms with Crippen LogP contribution >= 0.6 is 11.6 Å². The quantitative estimate of drug-likeness (QED) is 0.472. The van der Waals surface area contributed by atoms with E-state index >= 15 is 0 Å². The number of sulfonamides is 1. The van der Waals surface area contributed by atoms with Crippen LogP contribution in [0.15, 0.2) is 42.5 Å². The van der Waals surface area contributed by atoms with Gasteiger partial charge in [0.1, 0.15) is 6.04 Å². The number of carbonyl (C=O) groups excluding carboxylic acids is 2. The first-order valence-corrected chi connectivity index (χ1v) is 14.2. The Balaban J connectivity index is 2.23. The minimum Gasteiger partial charge on any atom is -0.350 e. The average molecular weight is 536 g/mol. The third-order valence-electron chi connectivity index (χ3n) is 5.90. The Morgan fingerprint density at radius 3 is 2.31 bits per heavy atom. The van der Waals surface area contributed by atoms with Crippen molar-refractivity contribution < 1.29 is 18.0 Å². The monoisotopic (exact) mass is 535 g/mol. The molecular formula is C27H38ClN3O4S. The molecule has 1 unspecified atom stereocenters. The second-order valence-electron chi connectivity index (χ2n) is 10.2. The smallest absolute Gasteiger partial charge is 0.242 e. The Morgan fingerprint density at radius 2 is 1.72 bits per heavy atom. The molecule has 0 heterocycles. The van der Waals surface area contributed by atoms with Crippen molar-refractivity contribution >= 4 is 39.1 Å². The Morgan fingerprint density at radius 1 is 1.08 bits per heavy atom. The summed E-state index contributed by atoms with van der Waals surface area (Å²) in [7, 11) is -3.55. The van der Waals surface area contributed by atoms with Gasteiger partial charge in [-0.3, -0.25) is 13.9 Å². The molecule has 0 aromatic heterocycles. The molecule has 2 rings (SSSR count). The van der Waals surface area contributed by atoms with Crippen molar-refractivity contribution in [3.8, 4) is 0 Å². The van der Waals surface area contributed by atoms with Crippen molar-refractivity contribution in [2.75, 3.05) is 17.1 Å². The summed E-state index contributed by atoms with van der Waals surface area (Å²) in [6.07, 6.45) is 1.56. The summed E-state index contributed by atoms with van der Waals surface area (Å²) >= 11 is 6.14. The molecule has 2 amide bonds. The van der Waals surface area contributed by atoms with Gasteiger partial charge >= 0.3 is 0 Å². The van der Waals surface area contributed by atoms with Gasteiger partial charge in [-0.2, -0.15) is 0 Å². The number of aryl methyl sites for hydroxylation is 1. The molecule has 1 N–H and O–H groups in total. The van der Waals surface area contributed by atoms with E-state index in [1.165, 1.54) is 15.5 Å². The van der Waals surface area contributed by atoms with Gasteiger partial charge in [-0.25, -0.2) is 8.42 Å². The summed E-state index contributed by atoms with van der Waals surface area (Å²) < 4.78 is 26.5. The van der Waals surface area contributed by atoms with Gasteiger partial charge in [-0.1, -0.05) is 35.9 Å². The fourth-order valence-corrected chi connectivity index (χ4v) is 5.11. The average Bonchev–Trinajstić information content (AvgIpc) is 2.75. The number of benzene rings is 2. The molecule has 2 aromatic carbocycles. The third-order valence-corrected chi connectivity index (χ3v) is 7.32. The van der Waals surface area contributed by atoms with Crippen molar-refractivity contribution in [3.63, 3.8) is 0 Å². The lowest BCUT2D eigenvalue weighted by atomic mass is 10.1. The van der Waals surface area contributed by atoms with E-state index < -0.39 is 21.6 Å². The SMILES string of the molecule is Cc1cccc(N(CCCC(=O)N(Cc2cccc(Cl)c2)C(C)C(=O)NC(C)(C)C)S(C)(=O)=O)c1C. The Hall–Kier alpha value is -2.58. The second kappa shape index (κ2) is 12.1. The molecule has 0 saturated carbocycles. The number of anilines is 1. The third kappa shape index (κ3) is 8.52. The first kappa shape index (κ1) is 29.6. The lowest BCUT2D eigenvalue weighted by Crippen LogP contribution is -2.52. The number of nitrogens with one attached hydrogen (secondary N) is 1. The van der Waals surface area contributed by atoms with Crippen LogP contribution < -0.4 is 9.62 Å². The summed E-state index contributed by atoms with van der Waals surface area (Å²) in [6, 6.07) is 12.0. The van der Waals surface area contributed by atoms with Gasteiger partial charge in [-0.05, 0) is 82.9 Å². The predicted molar refractivity (Wildman–Crippen MR) is 147 cm³/mol. The molecular weight excluding hydrogens is 498 g/mol. The van der Waals surface area contributed by atoms with Crippen LogP contribution in [0.1, 0.15) is 57.2 Å². The Bertz CT molecular complexity index is 1190. The molecule has 198 valence electrons. The highest BCUT2D eigenvalue weighted by molar-refractivity contribution is 7.92. The highest BCUT2D eigenvalue weighted by Gasteiger charge is 2.29. The van der Waals surface area contributed by atoms with Gasteiger partial charge in [0.15, 0.2) is 0 Å². The van der Waals surface area contributed by atoms with Crippen LogP contribution in [-0.2, 0) is 26.2 Å². The lowest BCUT2D eigenvalue weighted by Gasteiger charge is -2.32. The molecule has 0 aliphatic heterocycles. The van der Waals surface area contributed by atoms with Gasteiger partial charge in [0.05, 0.1) is 11.9 Å². The molecule has 0 bridgehead atoms. The number of amides is 2. The van der Waals surface area contributed by atoms with Crippen molar-refractivity contribution in [1.29, 1.82) is 0 Å². The zero-order chi connectivity index (χ0) is 27.3. The van der Waals surface area contributed by atoms with E-state index in [1.807, 2.05) is 52.8 Å². The summed E-state index contributed by atoms with van der Waals surface area (Å²) in [6.45, 7) is 11.5. The number of nitrogens with zero attached hydrogens (tertiary/aromatic N) is 2. The fraction of sp³-hybridized carbons (Fsp3) is 0.481. The van der Waals surface area contributed by atoms with E-state index in [0.29, 0.717) is 17.1 Å². The zero-order valence-electron chi connectivity index (χ0n) is 22.3. The van der Waals surface area contributed by atoms with Crippen LogP contribution in [0, 0.1) is 13.8 Å². The van der Waals surface area contributed by atoms with Crippen molar-refractivity contribution in [2.45, 2.75) is 72.5 Å². The molecule has 0 aliphatic rings. The number of rotatable bonds is 10. The minimum absolute atomic E-state index is 0.0879. The van der Waals surface area contributed by atoms with Crippen LogP contribution in [-0.4, -0.2) is 49.5 Å². The van der Waals surface area contributed by atoms with E-state index in [0.717, 1.165) is 16.7 Å². The van der Waals surface area contributed by atoms with Crippen LogP contribution in [0.2, 0.25) is 5.02 Å². The summed E-state index contributed by atoms with van der Waals surface area (Å²) in [5.41, 5.74) is 2.84. The lowest BCUT2D eigenvalue weighted by molar-refractivity contribution is -0.141. The van der Waals surface area contributed by atoms with E-state index in [-0.39, 0.29) is 31.3 Å². The van der Waals surface area contributed by atoms with E-state index in [1.54, 1.807) is 31.2 Å². The minimum atomic E-state index is -3.55. The topological polar surface area (TPSA) is 86.8 Å². The van der Waals surface area contributed by atoms with Crippen molar-refractivity contribution in [2.24, 2.45) is 0 Å². The van der Waals surface area contributed by atoms with Crippen LogP contribution in [0.5, 0.6) is 0 Å². The van der Waals surface area contributed by atoms with Gasteiger partial charge in [0, 0.05) is 30.1 Å². The normalized spacial score (nSPS) is 12.7. The van der Waals surface area contributed by atoms with Crippen molar-refractivity contribution in [3.05, 3.63) is 64.2 Å². The predicted octanol–water partition coefficient (Wildman–Crippen LogP) is 4.84. The molecule has 0 aliphatic carbocycles. The summed E-state index contributed by atoms with van der Waals surface area (Å²) in [5, 5.41) is 3.48. The van der Waals surface area contributed by atoms with E-state index in [4.69, 9.17) is 11.6 Å². The Labute approximate surface area is 220 Å². The number of carbonyl (C=O) groups is 2. The highest BCUT2D eigenvalue weighted by Crippen LogP contribution is 2.25. The zero-order valence-corrected chi connectivity index (χ0v) is 23.8. The Kier molecular flexibility index (Phi) is 9.97. The molecule has 0 fully saturated rings. The molecule has 2 aromatic rings. The largest absolute Gasteiger partial charge is 0.350 e. The van der Waals surface area contributed by atoms with Gasteiger partial charge in [0.2, 0.25) is 21.8 Å².